The molecule has 2 rings (SSSR count). The van der Waals surface area contributed by atoms with Crippen molar-refractivity contribution >= 4 is 17.3 Å². The van der Waals surface area contributed by atoms with Gasteiger partial charge in [0.1, 0.15) is 6.33 Å². The van der Waals surface area contributed by atoms with Crippen LogP contribution in [0.4, 0.5) is 5.69 Å². The number of nitrogens with zero attached hydrogens (tertiary/aromatic N) is 3. The first-order valence-corrected chi connectivity index (χ1v) is 5.24. The van der Waals surface area contributed by atoms with Crippen molar-refractivity contribution in [1.82, 2.24) is 15.0 Å². The Balaban J connectivity index is 2.08. The summed E-state index contributed by atoms with van der Waals surface area (Å²) in [7, 11) is 0. The van der Waals surface area contributed by atoms with Crippen LogP contribution in [0.1, 0.15) is 11.3 Å². The maximum absolute atomic E-state index is 5.96. The molecule has 16 heavy (non-hydrogen) atoms. The second kappa shape index (κ2) is 4.90. The van der Waals surface area contributed by atoms with Crippen molar-refractivity contribution in [3.8, 4) is 0 Å². The van der Waals surface area contributed by atoms with Crippen LogP contribution in [0.15, 0.2) is 30.9 Å². The van der Waals surface area contributed by atoms with Crippen molar-refractivity contribution in [2.75, 3.05) is 5.32 Å². The van der Waals surface area contributed by atoms with Gasteiger partial charge in [0.2, 0.25) is 0 Å². The summed E-state index contributed by atoms with van der Waals surface area (Å²) in [5, 5.41) is 3.66. The highest BCUT2D eigenvalue weighted by molar-refractivity contribution is 6.31. The van der Waals surface area contributed by atoms with E-state index in [-0.39, 0.29) is 0 Å². The lowest BCUT2D eigenvalue weighted by atomic mass is 10.3. The van der Waals surface area contributed by atoms with Gasteiger partial charge in [0.25, 0.3) is 0 Å². The van der Waals surface area contributed by atoms with E-state index in [9.17, 15) is 0 Å². The lowest BCUT2D eigenvalue weighted by Gasteiger charge is -2.07. The molecule has 4 nitrogen and oxygen atoms in total. The topological polar surface area (TPSA) is 50.7 Å². The van der Waals surface area contributed by atoms with E-state index in [1.165, 1.54) is 6.33 Å². The second-order valence-electron chi connectivity index (χ2n) is 3.41. The molecular formula is C11H11ClN4. The van der Waals surface area contributed by atoms with E-state index in [0.29, 0.717) is 11.7 Å². The highest BCUT2D eigenvalue weighted by Gasteiger charge is 2.01. The van der Waals surface area contributed by atoms with E-state index in [1.54, 1.807) is 12.4 Å². The van der Waals surface area contributed by atoms with E-state index in [4.69, 9.17) is 11.6 Å². The zero-order valence-electron chi connectivity index (χ0n) is 8.81. The van der Waals surface area contributed by atoms with Crippen molar-refractivity contribution in [3.05, 3.63) is 47.3 Å². The Hall–Kier alpha value is -1.68. The van der Waals surface area contributed by atoms with Crippen molar-refractivity contribution in [1.29, 1.82) is 0 Å². The minimum atomic E-state index is 0.472. The Kier molecular flexibility index (Phi) is 3.31. The fourth-order valence-corrected chi connectivity index (χ4v) is 1.46. The molecule has 2 aromatic rings. The summed E-state index contributed by atoms with van der Waals surface area (Å²) in [4.78, 5) is 12.0. The second-order valence-corrected chi connectivity index (χ2v) is 3.76. The molecule has 0 spiro atoms. The smallest absolute Gasteiger partial charge is 0.152 e. The average molecular weight is 235 g/mol. The van der Waals surface area contributed by atoms with Crippen LogP contribution in [0.3, 0.4) is 0 Å². The van der Waals surface area contributed by atoms with Crippen LogP contribution in [0.2, 0.25) is 5.15 Å². The zero-order chi connectivity index (χ0) is 11.4. The molecule has 82 valence electrons. The van der Waals surface area contributed by atoms with Crippen LogP contribution < -0.4 is 5.32 Å². The molecule has 0 unspecified atom stereocenters. The molecule has 0 amide bonds. The van der Waals surface area contributed by atoms with Gasteiger partial charge in [-0.15, -0.1) is 0 Å². The zero-order valence-corrected chi connectivity index (χ0v) is 9.57. The molecule has 0 aromatic carbocycles. The summed E-state index contributed by atoms with van der Waals surface area (Å²) in [6.45, 7) is 2.58. The molecule has 0 aliphatic heterocycles. The van der Waals surface area contributed by atoms with Gasteiger partial charge in [0.15, 0.2) is 5.15 Å². The van der Waals surface area contributed by atoms with E-state index < -0.39 is 0 Å². The normalized spacial score (nSPS) is 10.1. The predicted octanol–water partition coefficient (Wildman–Crippen LogP) is 2.45. The largest absolute Gasteiger partial charge is 0.377 e. The molecule has 2 heterocycles. The van der Waals surface area contributed by atoms with E-state index in [0.717, 1.165) is 16.9 Å². The number of hydrogen-bond donors (Lipinski definition) is 1. The highest BCUT2D eigenvalue weighted by Crippen LogP contribution is 2.20. The van der Waals surface area contributed by atoms with Crippen LogP contribution >= 0.6 is 11.6 Å². The van der Waals surface area contributed by atoms with Gasteiger partial charge in [0.05, 0.1) is 17.9 Å². The Morgan fingerprint density at radius 2 is 2.25 bits per heavy atom. The summed E-state index contributed by atoms with van der Waals surface area (Å²) in [6, 6.07) is 3.81. The maximum atomic E-state index is 5.96. The summed E-state index contributed by atoms with van der Waals surface area (Å²) in [5.74, 6) is 0. The third-order valence-corrected chi connectivity index (χ3v) is 2.38. The number of aryl methyl sites for hydroxylation is 1. The fraction of sp³-hybridized carbons (Fsp3) is 0.182. The lowest BCUT2D eigenvalue weighted by molar-refractivity contribution is 1.00. The number of pyridine rings is 1. The highest BCUT2D eigenvalue weighted by atomic mass is 35.5. The number of hydrogen-bond acceptors (Lipinski definition) is 4. The van der Waals surface area contributed by atoms with Crippen LogP contribution in [0, 0.1) is 6.92 Å². The number of nitrogens with one attached hydrogen (secondary N) is 1. The first-order chi connectivity index (χ1) is 7.75. The molecule has 5 heteroatoms. The Bertz CT molecular complexity index is 473. The molecule has 0 fully saturated rings. The lowest BCUT2D eigenvalue weighted by Crippen LogP contribution is -2.02. The maximum Gasteiger partial charge on any atom is 0.152 e. The molecule has 0 atom stereocenters. The number of halogens is 1. The summed E-state index contributed by atoms with van der Waals surface area (Å²) >= 11 is 5.96. The van der Waals surface area contributed by atoms with Gasteiger partial charge in [-0.1, -0.05) is 11.6 Å². The number of anilines is 1. The van der Waals surface area contributed by atoms with Gasteiger partial charge in [0, 0.05) is 12.4 Å². The van der Waals surface area contributed by atoms with Crippen molar-refractivity contribution in [3.63, 3.8) is 0 Å². The Morgan fingerprint density at radius 1 is 1.38 bits per heavy atom. The van der Waals surface area contributed by atoms with Gasteiger partial charge in [-0.2, -0.15) is 0 Å². The molecule has 1 N–H and O–H groups in total. The van der Waals surface area contributed by atoms with Crippen LogP contribution in [-0.2, 0) is 6.54 Å². The summed E-state index contributed by atoms with van der Waals surface area (Å²) in [6.07, 6.45) is 4.96. The SMILES string of the molecule is Cc1cnc(Cl)c(NCc2ccncn2)c1. The summed E-state index contributed by atoms with van der Waals surface area (Å²) in [5.41, 5.74) is 2.79. The van der Waals surface area contributed by atoms with Gasteiger partial charge in [-0.25, -0.2) is 15.0 Å². The van der Waals surface area contributed by atoms with Gasteiger partial charge >= 0.3 is 0 Å². The molecule has 0 bridgehead atoms. The van der Waals surface area contributed by atoms with Crippen molar-refractivity contribution < 1.29 is 0 Å². The minimum Gasteiger partial charge on any atom is -0.377 e. The Morgan fingerprint density at radius 3 is 3.00 bits per heavy atom. The van der Waals surface area contributed by atoms with Crippen molar-refractivity contribution in [2.45, 2.75) is 13.5 Å². The van der Waals surface area contributed by atoms with Gasteiger partial charge in [-0.05, 0) is 24.6 Å². The molecule has 0 radical (unpaired) electrons. The van der Waals surface area contributed by atoms with E-state index in [2.05, 4.69) is 20.3 Å². The monoisotopic (exact) mass is 234 g/mol. The average Bonchev–Trinajstić information content (AvgIpc) is 2.32. The molecule has 0 aliphatic rings. The number of aromatic nitrogens is 3. The van der Waals surface area contributed by atoms with Gasteiger partial charge in [-0.3, -0.25) is 0 Å². The van der Waals surface area contributed by atoms with E-state index in [1.807, 2.05) is 19.1 Å². The third-order valence-electron chi connectivity index (χ3n) is 2.08. The van der Waals surface area contributed by atoms with Crippen molar-refractivity contribution in [2.24, 2.45) is 0 Å². The predicted molar refractivity (Wildman–Crippen MR) is 63.3 cm³/mol. The van der Waals surface area contributed by atoms with E-state index >= 15 is 0 Å². The summed E-state index contributed by atoms with van der Waals surface area (Å²) < 4.78 is 0. The molecule has 0 saturated heterocycles. The van der Waals surface area contributed by atoms with Crippen LogP contribution in [0.25, 0.3) is 0 Å². The standard InChI is InChI=1S/C11H11ClN4/c1-8-4-10(11(12)15-5-8)14-6-9-2-3-13-7-16-9/h2-5,7,14H,6H2,1H3. The number of rotatable bonds is 3. The third kappa shape index (κ3) is 2.67. The van der Waals surface area contributed by atoms with Crippen LogP contribution in [-0.4, -0.2) is 15.0 Å². The molecule has 0 aliphatic carbocycles. The first-order valence-electron chi connectivity index (χ1n) is 4.86. The molecular weight excluding hydrogens is 224 g/mol. The Labute approximate surface area is 98.7 Å². The first kappa shape index (κ1) is 10.8. The molecule has 2 aromatic heterocycles. The molecule has 0 saturated carbocycles. The minimum absolute atomic E-state index is 0.472. The quantitative estimate of drug-likeness (QED) is 0.829. The van der Waals surface area contributed by atoms with Gasteiger partial charge < -0.3 is 5.32 Å². The fourth-order valence-electron chi connectivity index (χ4n) is 1.28. The van der Waals surface area contributed by atoms with Crippen LogP contribution in [0.5, 0.6) is 0 Å².